The molecule has 3 N–H and O–H groups in total. The topological polar surface area (TPSA) is 102 Å². The highest BCUT2D eigenvalue weighted by molar-refractivity contribution is 7.89. The molecule has 0 aliphatic carbocycles. The molecule has 0 fully saturated rings. The number of methoxy groups -OCH3 is 1. The number of thiophene rings is 1. The van der Waals surface area contributed by atoms with Gasteiger partial charge >= 0.3 is 0 Å². The molecule has 0 aliphatic heterocycles. The molecule has 2 atom stereocenters. The van der Waals surface area contributed by atoms with Crippen molar-refractivity contribution >= 4 is 35.0 Å². The van der Waals surface area contributed by atoms with Gasteiger partial charge in [0.15, 0.2) is 5.81 Å². The molecule has 0 spiro atoms. The van der Waals surface area contributed by atoms with Crippen LogP contribution in [0.15, 0.2) is 46.7 Å². The Balaban J connectivity index is 2.30. The zero-order valence-corrected chi connectivity index (χ0v) is 19.5. The molecule has 10 heteroatoms. The van der Waals surface area contributed by atoms with Crippen molar-refractivity contribution in [3.63, 3.8) is 0 Å². The van der Waals surface area contributed by atoms with Crippen LogP contribution in [0.4, 0.5) is 4.79 Å². The van der Waals surface area contributed by atoms with Crippen molar-refractivity contribution in [3.8, 4) is 5.75 Å². The Morgan fingerprint density at radius 2 is 1.90 bits per heavy atom. The maximum Gasteiger partial charge on any atom is 0.243 e. The summed E-state index contributed by atoms with van der Waals surface area (Å²) in [6, 6.07) is 9.28. The highest BCUT2D eigenvalue weighted by Crippen LogP contribution is 2.21. The number of nitrogens with one attached hydrogen (secondary N) is 1. The predicted octanol–water partition coefficient (Wildman–Crippen LogP) is 1.68. The van der Waals surface area contributed by atoms with Crippen molar-refractivity contribution in [3.05, 3.63) is 46.7 Å². The fourth-order valence-corrected chi connectivity index (χ4v) is 5.55. The summed E-state index contributed by atoms with van der Waals surface area (Å²) in [7, 11) is -0.832. The second-order valence-corrected chi connectivity index (χ2v) is 10.6. The Kier molecular flexibility index (Phi) is 8.90. The lowest BCUT2D eigenvalue weighted by Gasteiger charge is -2.31. The molecule has 0 aliphatic rings. The zero-order valence-electron chi connectivity index (χ0n) is 17.9. The standard InChI is InChI=1S/C20H30BN3O4S2/c1-14(2)12-24(30(26,27)17-8-6-15(28-3)7-9-17)13-19(23-20(21)25)18(22)11-16-5-4-10-29-16/h4-10,14,18-19H,11-13,21-22H2,1-3H3,(H,23,25)/t18-,19+/m0/s1. The van der Waals surface area contributed by atoms with Crippen LogP contribution in [0.1, 0.15) is 18.7 Å². The van der Waals surface area contributed by atoms with E-state index in [0.717, 1.165) is 4.88 Å². The lowest BCUT2D eigenvalue weighted by Crippen LogP contribution is -2.55. The Morgan fingerprint density at radius 3 is 2.40 bits per heavy atom. The van der Waals surface area contributed by atoms with Crippen LogP contribution in [0.2, 0.25) is 0 Å². The number of sulfonamides is 1. The number of hydrogen-bond donors (Lipinski definition) is 2. The second-order valence-electron chi connectivity index (χ2n) is 7.65. The number of benzene rings is 1. The van der Waals surface area contributed by atoms with E-state index in [1.54, 1.807) is 23.5 Å². The minimum atomic E-state index is -3.77. The van der Waals surface area contributed by atoms with Gasteiger partial charge in [0.2, 0.25) is 17.9 Å². The van der Waals surface area contributed by atoms with Crippen LogP contribution in [0.5, 0.6) is 5.75 Å². The fraction of sp³-hybridized carbons (Fsp3) is 0.450. The summed E-state index contributed by atoms with van der Waals surface area (Å²) in [6.45, 7) is 4.32. The van der Waals surface area contributed by atoms with Gasteiger partial charge in [-0.3, -0.25) is 4.79 Å². The predicted molar refractivity (Wildman–Crippen MR) is 123 cm³/mol. The van der Waals surface area contributed by atoms with Crippen molar-refractivity contribution in [2.45, 2.75) is 37.2 Å². The molecule has 1 aromatic carbocycles. The Labute approximate surface area is 184 Å². The van der Waals surface area contributed by atoms with Crippen LogP contribution in [0, 0.1) is 5.92 Å². The second kappa shape index (κ2) is 10.9. The molecule has 164 valence electrons. The van der Waals surface area contributed by atoms with Gasteiger partial charge in [-0.2, -0.15) is 4.31 Å². The van der Waals surface area contributed by atoms with E-state index < -0.39 is 22.1 Å². The van der Waals surface area contributed by atoms with E-state index in [1.807, 2.05) is 31.4 Å². The molecule has 1 amide bonds. The summed E-state index contributed by atoms with van der Waals surface area (Å²) < 4.78 is 33.3. The van der Waals surface area contributed by atoms with Gasteiger partial charge in [-0.1, -0.05) is 19.9 Å². The first-order chi connectivity index (χ1) is 14.1. The number of ether oxygens (including phenoxy) is 1. The number of amides is 1. The van der Waals surface area contributed by atoms with Crippen LogP contribution in [0.3, 0.4) is 0 Å². The molecular formula is C20H30BN3O4S2. The fourth-order valence-electron chi connectivity index (χ4n) is 3.15. The average molecular weight is 451 g/mol. The largest absolute Gasteiger partial charge is 0.497 e. The monoisotopic (exact) mass is 451 g/mol. The molecule has 1 heterocycles. The number of rotatable bonds is 11. The molecule has 0 saturated carbocycles. The number of nitrogens with two attached hydrogens (primary N) is 1. The molecule has 7 nitrogen and oxygen atoms in total. The molecule has 30 heavy (non-hydrogen) atoms. The Bertz CT molecular complexity index is 903. The summed E-state index contributed by atoms with van der Waals surface area (Å²) in [6.07, 6.45) is 0.556. The van der Waals surface area contributed by atoms with Gasteiger partial charge in [-0.25, -0.2) is 8.42 Å². The minimum absolute atomic E-state index is 0.0959. The van der Waals surface area contributed by atoms with E-state index in [1.165, 1.54) is 31.4 Å². The van der Waals surface area contributed by atoms with Gasteiger partial charge in [0, 0.05) is 24.0 Å². The third-order valence-corrected chi connectivity index (χ3v) is 7.33. The van der Waals surface area contributed by atoms with Crippen molar-refractivity contribution in [1.29, 1.82) is 0 Å². The molecule has 0 saturated heterocycles. The molecule has 0 unspecified atom stereocenters. The third-order valence-electron chi connectivity index (χ3n) is 4.59. The third kappa shape index (κ3) is 6.83. The quantitative estimate of drug-likeness (QED) is 0.507. The van der Waals surface area contributed by atoms with Crippen LogP contribution >= 0.6 is 11.3 Å². The molecule has 1 aromatic heterocycles. The van der Waals surface area contributed by atoms with E-state index >= 15 is 0 Å². The zero-order chi connectivity index (χ0) is 22.3. The molecule has 0 radical (unpaired) electrons. The maximum absolute atomic E-state index is 13.4. The SMILES string of the molecule is BC(=O)N[C@H](CN(CC(C)C)S(=O)(=O)c1ccc(OC)cc1)[C@@H](N)Cc1cccs1. The molecule has 0 bridgehead atoms. The first-order valence-electron chi connectivity index (χ1n) is 9.82. The summed E-state index contributed by atoms with van der Waals surface area (Å²) >= 11 is 1.59. The summed E-state index contributed by atoms with van der Waals surface area (Å²) in [4.78, 5) is 13.1. The smallest absolute Gasteiger partial charge is 0.243 e. The van der Waals surface area contributed by atoms with Crippen LogP contribution in [0.25, 0.3) is 0 Å². The lowest BCUT2D eigenvalue weighted by atomic mass is 10.0. The number of hydrogen-bond acceptors (Lipinski definition) is 6. The summed E-state index contributed by atoms with van der Waals surface area (Å²) in [5.41, 5.74) is 6.41. The first-order valence-corrected chi connectivity index (χ1v) is 12.1. The Morgan fingerprint density at radius 1 is 1.23 bits per heavy atom. The number of nitrogens with zero attached hydrogens (tertiary/aromatic N) is 1. The molecular weight excluding hydrogens is 421 g/mol. The lowest BCUT2D eigenvalue weighted by molar-refractivity contribution is 0.247. The van der Waals surface area contributed by atoms with Crippen LogP contribution in [-0.2, 0) is 16.4 Å². The van der Waals surface area contributed by atoms with E-state index in [2.05, 4.69) is 5.32 Å². The average Bonchev–Trinajstić information content (AvgIpc) is 3.19. The van der Waals surface area contributed by atoms with Crippen molar-refractivity contribution < 1.29 is 17.9 Å². The first kappa shape index (κ1) is 24.4. The van der Waals surface area contributed by atoms with E-state index in [0.29, 0.717) is 18.7 Å². The minimum Gasteiger partial charge on any atom is -0.497 e. The summed E-state index contributed by atoms with van der Waals surface area (Å²) in [5, 5.41) is 4.82. The number of carbonyl (C=O) groups is 1. The van der Waals surface area contributed by atoms with Crippen molar-refractivity contribution in [1.82, 2.24) is 9.62 Å². The van der Waals surface area contributed by atoms with Crippen molar-refractivity contribution in [2.75, 3.05) is 20.2 Å². The highest BCUT2D eigenvalue weighted by Gasteiger charge is 2.30. The van der Waals surface area contributed by atoms with Gasteiger partial charge < -0.3 is 15.8 Å². The van der Waals surface area contributed by atoms with E-state index in [4.69, 9.17) is 10.5 Å². The van der Waals surface area contributed by atoms with E-state index in [9.17, 15) is 13.2 Å². The van der Waals surface area contributed by atoms with Crippen molar-refractivity contribution in [2.24, 2.45) is 11.7 Å². The maximum atomic E-state index is 13.4. The Hall–Kier alpha value is -1.88. The van der Waals surface area contributed by atoms with Gasteiger partial charge in [0.25, 0.3) is 0 Å². The van der Waals surface area contributed by atoms with Crippen LogP contribution < -0.4 is 15.8 Å². The number of carbonyl (C=O) groups excluding carboxylic acids is 1. The van der Waals surface area contributed by atoms with Gasteiger partial charge in [0.1, 0.15) is 5.75 Å². The van der Waals surface area contributed by atoms with Crippen LogP contribution in [-0.4, -0.2) is 58.7 Å². The summed E-state index contributed by atoms with van der Waals surface area (Å²) in [5.74, 6) is 0.441. The normalized spacial score (nSPS) is 13.9. The molecule has 2 rings (SSSR count). The van der Waals surface area contributed by atoms with Gasteiger partial charge in [-0.15, -0.1) is 11.3 Å². The van der Waals surface area contributed by atoms with Gasteiger partial charge in [-0.05, 0) is 48.1 Å². The van der Waals surface area contributed by atoms with E-state index in [-0.39, 0.29) is 23.2 Å². The van der Waals surface area contributed by atoms with Gasteiger partial charge in [0.05, 0.1) is 18.0 Å². The molecule has 2 aromatic rings. The highest BCUT2D eigenvalue weighted by atomic mass is 32.2.